The van der Waals surface area contributed by atoms with Crippen LogP contribution in [0.2, 0.25) is 0 Å². The third-order valence-electron chi connectivity index (χ3n) is 4.01. The number of nitrogens with zero attached hydrogens (tertiary/aromatic N) is 1. The van der Waals surface area contributed by atoms with Gasteiger partial charge in [0.15, 0.2) is 0 Å². The molecule has 4 aromatic rings. The Bertz CT molecular complexity index is 928. The summed E-state index contributed by atoms with van der Waals surface area (Å²) in [5.41, 5.74) is 0. The second-order valence-corrected chi connectivity index (χ2v) is 11.7. The van der Waals surface area contributed by atoms with Crippen LogP contribution in [0, 0.1) is 0 Å². The monoisotopic (exact) mass is 513 g/mol. The molecule has 0 N–H and O–H groups in total. The second-order valence-electron chi connectivity index (χ2n) is 5.90. The molecule has 28 heavy (non-hydrogen) atoms. The summed E-state index contributed by atoms with van der Waals surface area (Å²) >= 11 is -1.54. The van der Waals surface area contributed by atoms with Gasteiger partial charge in [-0.25, -0.2) is 0 Å². The van der Waals surface area contributed by atoms with Crippen molar-refractivity contribution in [3.05, 3.63) is 121 Å². The maximum atomic E-state index is 5.51. The van der Waals surface area contributed by atoms with E-state index in [1.54, 1.807) is 0 Å². The SMILES string of the molecule is [Br-].c1ccc(S(=N[Se+](c2ccccc2)c2ccccc2)c2ccccc2)cc1. The molecule has 0 unspecified atom stereocenters. The van der Waals surface area contributed by atoms with Gasteiger partial charge >= 0.3 is 168 Å². The van der Waals surface area contributed by atoms with E-state index in [4.69, 9.17) is 3.38 Å². The van der Waals surface area contributed by atoms with Crippen molar-refractivity contribution in [1.29, 1.82) is 0 Å². The molecule has 0 aliphatic heterocycles. The zero-order valence-electron chi connectivity index (χ0n) is 15.2. The van der Waals surface area contributed by atoms with E-state index >= 15 is 0 Å². The van der Waals surface area contributed by atoms with Gasteiger partial charge in [-0.05, 0) is 0 Å². The molecule has 4 aromatic carbocycles. The fourth-order valence-electron chi connectivity index (χ4n) is 2.72. The van der Waals surface area contributed by atoms with Crippen molar-refractivity contribution in [3.8, 4) is 0 Å². The van der Waals surface area contributed by atoms with Crippen LogP contribution >= 0.6 is 0 Å². The Kier molecular flexibility index (Phi) is 7.81. The number of rotatable bonds is 5. The molecule has 4 heteroatoms. The summed E-state index contributed by atoms with van der Waals surface area (Å²) in [6.45, 7) is 0. The summed E-state index contributed by atoms with van der Waals surface area (Å²) in [5, 5.41) is 0. The van der Waals surface area contributed by atoms with Crippen molar-refractivity contribution in [2.24, 2.45) is 3.38 Å². The van der Waals surface area contributed by atoms with E-state index in [1.807, 2.05) is 0 Å². The van der Waals surface area contributed by atoms with Crippen molar-refractivity contribution in [3.63, 3.8) is 0 Å². The second kappa shape index (κ2) is 10.5. The van der Waals surface area contributed by atoms with Crippen LogP contribution in [0.4, 0.5) is 0 Å². The van der Waals surface area contributed by atoms with Gasteiger partial charge in [0.05, 0.1) is 0 Å². The van der Waals surface area contributed by atoms with Gasteiger partial charge in [-0.15, -0.1) is 0 Å². The zero-order chi connectivity index (χ0) is 18.3. The molecule has 0 radical (unpaired) electrons. The molecule has 1 nitrogen and oxygen atoms in total. The predicted molar refractivity (Wildman–Crippen MR) is 117 cm³/mol. The fraction of sp³-hybridized carbons (Fsp3) is 0. The van der Waals surface area contributed by atoms with Crippen LogP contribution in [0.5, 0.6) is 0 Å². The van der Waals surface area contributed by atoms with Gasteiger partial charge in [0.25, 0.3) is 0 Å². The third kappa shape index (κ3) is 5.09. The van der Waals surface area contributed by atoms with Gasteiger partial charge in [0.1, 0.15) is 0 Å². The van der Waals surface area contributed by atoms with E-state index in [2.05, 4.69) is 121 Å². The van der Waals surface area contributed by atoms with Crippen molar-refractivity contribution >= 4 is 33.7 Å². The van der Waals surface area contributed by atoms with Gasteiger partial charge in [0.2, 0.25) is 0 Å². The van der Waals surface area contributed by atoms with E-state index in [-0.39, 0.29) is 27.7 Å². The molecular weight excluding hydrogens is 493 g/mol. The van der Waals surface area contributed by atoms with Crippen LogP contribution in [0.1, 0.15) is 0 Å². The first-order valence-electron chi connectivity index (χ1n) is 8.82. The average molecular weight is 513 g/mol. The summed E-state index contributed by atoms with van der Waals surface area (Å²) < 4.78 is 8.19. The Morgan fingerprint density at radius 3 is 1.14 bits per heavy atom. The van der Waals surface area contributed by atoms with Crippen molar-refractivity contribution in [1.82, 2.24) is 0 Å². The Morgan fingerprint density at radius 1 is 0.464 bits per heavy atom. The molecular formula is C24H20BrNSSe. The molecule has 0 amide bonds. The van der Waals surface area contributed by atoms with Gasteiger partial charge in [-0.2, -0.15) is 0 Å². The standard InChI is InChI=1S/C24H20NSSe.BrH/c1-5-13-21(14-6-1)26(22-15-7-2-8-16-22)25-27(23-17-9-3-10-18-23)24-19-11-4-12-20-24;/h1-20H;1H/q+1;/p-1. The number of benzene rings is 4. The molecule has 0 spiro atoms. The summed E-state index contributed by atoms with van der Waals surface area (Å²) in [7, 11) is -0.302. The first kappa shape index (κ1) is 20.8. The summed E-state index contributed by atoms with van der Waals surface area (Å²) in [6.07, 6.45) is 0. The van der Waals surface area contributed by atoms with Crippen molar-refractivity contribution in [2.75, 3.05) is 0 Å². The molecule has 0 heterocycles. The molecule has 140 valence electrons. The van der Waals surface area contributed by atoms with Gasteiger partial charge in [-0.3, -0.25) is 0 Å². The minimum atomic E-state index is -1.54. The molecule has 0 fully saturated rings. The van der Waals surface area contributed by atoms with Crippen LogP contribution in [0.15, 0.2) is 134 Å². The zero-order valence-corrected chi connectivity index (χ0v) is 19.3. The molecule has 0 saturated carbocycles. The number of hydrogen-bond acceptors (Lipinski definition) is 1. The molecule has 4 rings (SSSR count). The first-order valence-corrected chi connectivity index (χ1v) is 12.5. The van der Waals surface area contributed by atoms with E-state index in [9.17, 15) is 0 Å². The topological polar surface area (TPSA) is 12.4 Å². The van der Waals surface area contributed by atoms with Crippen LogP contribution in [0.3, 0.4) is 0 Å². The van der Waals surface area contributed by atoms with Crippen molar-refractivity contribution in [2.45, 2.75) is 9.79 Å². The van der Waals surface area contributed by atoms with Gasteiger partial charge in [0, 0.05) is 0 Å². The molecule has 0 saturated heterocycles. The summed E-state index contributed by atoms with van der Waals surface area (Å²) in [4.78, 5) is 2.54. The molecule has 0 aliphatic carbocycles. The quantitative estimate of drug-likeness (QED) is 0.361. The molecule has 0 aromatic heterocycles. The Balaban J connectivity index is 0.00000225. The van der Waals surface area contributed by atoms with E-state index in [0.717, 1.165) is 0 Å². The van der Waals surface area contributed by atoms with E-state index < -0.39 is 14.1 Å². The normalized spacial score (nSPS) is 10.5. The van der Waals surface area contributed by atoms with Gasteiger partial charge < -0.3 is 17.0 Å². The average Bonchev–Trinajstić information content (AvgIpc) is 2.77. The van der Waals surface area contributed by atoms with E-state index in [0.29, 0.717) is 0 Å². The number of halogens is 1. The molecule has 0 bridgehead atoms. The van der Waals surface area contributed by atoms with Crippen LogP contribution in [0.25, 0.3) is 0 Å². The van der Waals surface area contributed by atoms with Gasteiger partial charge in [-0.1, -0.05) is 0 Å². The predicted octanol–water partition coefficient (Wildman–Crippen LogP) is 1.72. The first-order chi connectivity index (χ1) is 13.4. The Labute approximate surface area is 184 Å². The number of hydrogen-bond donors (Lipinski definition) is 0. The summed E-state index contributed by atoms with van der Waals surface area (Å²) in [5.74, 6) is 0. The third-order valence-corrected chi connectivity index (χ3v) is 10.6. The molecule has 0 atom stereocenters. The van der Waals surface area contributed by atoms with E-state index in [1.165, 1.54) is 18.7 Å². The Hall–Kier alpha value is -1.97. The van der Waals surface area contributed by atoms with Crippen LogP contribution in [-0.2, 0) is 10.7 Å². The maximum absolute atomic E-state index is 5.51. The Morgan fingerprint density at radius 2 is 0.786 bits per heavy atom. The van der Waals surface area contributed by atoms with Crippen LogP contribution in [-0.4, -0.2) is 14.1 Å². The fourth-order valence-corrected chi connectivity index (χ4v) is 9.73. The summed E-state index contributed by atoms with van der Waals surface area (Å²) in [6, 6.07) is 42.8. The van der Waals surface area contributed by atoms with Crippen molar-refractivity contribution < 1.29 is 17.0 Å². The van der Waals surface area contributed by atoms with Crippen LogP contribution < -0.4 is 25.9 Å². The molecule has 0 aliphatic rings. The minimum absolute atomic E-state index is 0.